The minimum absolute atomic E-state index is 0.0724. The average Bonchev–Trinajstić information content (AvgIpc) is 2.48. The molecule has 2 N–H and O–H groups in total. The molecule has 0 bridgehead atoms. The molecule has 0 unspecified atom stereocenters. The number of likely N-dealkylation sites (tertiary alicyclic amines) is 1. The molecular weight excluding hydrogens is 252 g/mol. The minimum Gasteiger partial charge on any atom is -0.342 e. The van der Waals surface area contributed by atoms with Gasteiger partial charge in [-0.1, -0.05) is 0 Å². The summed E-state index contributed by atoms with van der Waals surface area (Å²) >= 11 is 0. The number of rotatable bonds is 4. The Morgan fingerprint density at radius 2 is 1.60 bits per heavy atom. The van der Waals surface area contributed by atoms with Gasteiger partial charge in [0.05, 0.1) is 6.54 Å². The Labute approximate surface area is 123 Å². The fourth-order valence-electron chi connectivity index (χ4n) is 3.08. The molecule has 0 aromatic rings. The molecule has 2 aliphatic heterocycles. The summed E-state index contributed by atoms with van der Waals surface area (Å²) in [5.41, 5.74) is 5.91. The lowest BCUT2D eigenvalue weighted by Crippen LogP contribution is -2.58. The molecule has 2 fully saturated rings. The number of piperidine rings is 1. The fraction of sp³-hybridized carbons (Fsp3) is 0.933. The summed E-state index contributed by atoms with van der Waals surface area (Å²) in [5, 5.41) is 0. The Balaban J connectivity index is 1.75. The first-order chi connectivity index (χ1) is 9.53. The van der Waals surface area contributed by atoms with Crippen molar-refractivity contribution >= 4 is 5.91 Å². The molecule has 5 heteroatoms. The highest BCUT2D eigenvalue weighted by Crippen LogP contribution is 2.16. The van der Waals surface area contributed by atoms with Crippen LogP contribution in [0.5, 0.6) is 0 Å². The van der Waals surface area contributed by atoms with E-state index in [1.807, 2.05) is 4.90 Å². The van der Waals surface area contributed by atoms with Crippen LogP contribution in [-0.2, 0) is 4.79 Å². The molecule has 2 saturated heterocycles. The standard InChI is InChI=1S/C15H30N4O/c1-15(2,13-16)19-10-8-17(9-11-19)12-14(20)18-6-4-3-5-7-18/h3-13,16H2,1-2H3. The van der Waals surface area contributed by atoms with Gasteiger partial charge in [-0.15, -0.1) is 0 Å². The van der Waals surface area contributed by atoms with Gasteiger partial charge in [0, 0.05) is 51.4 Å². The van der Waals surface area contributed by atoms with E-state index >= 15 is 0 Å². The highest BCUT2D eigenvalue weighted by Gasteiger charge is 2.29. The van der Waals surface area contributed by atoms with Crippen LogP contribution in [0.1, 0.15) is 33.1 Å². The smallest absolute Gasteiger partial charge is 0.236 e. The summed E-state index contributed by atoms with van der Waals surface area (Å²) in [7, 11) is 0. The summed E-state index contributed by atoms with van der Waals surface area (Å²) in [6, 6.07) is 0. The number of nitrogens with two attached hydrogens (primary N) is 1. The van der Waals surface area contributed by atoms with Crippen molar-refractivity contribution in [2.45, 2.75) is 38.6 Å². The molecule has 0 aromatic carbocycles. The van der Waals surface area contributed by atoms with Gasteiger partial charge in [-0.25, -0.2) is 0 Å². The Morgan fingerprint density at radius 1 is 1.00 bits per heavy atom. The van der Waals surface area contributed by atoms with E-state index in [-0.39, 0.29) is 5.54 Å². The van der Waals surface area contributed by atoms with Crippen molar-refractivity contribution in [2.24, 2.45) is 5.73 Å². The van der Waals surface area contributed by atoms with Crippen molar-refractivity contribution in [3.63, 3.8) is 0 Å². The van der Waals surface area contributed by atoms with Crippen LogP contribution >= 0.6 is 0 Å². The van der Waals surface area contributed by atoms with Crippen LogP contribution < -0.4 is 5.73 Å². The summed E-state index contributed by atoms with van der Waals surface area (Å²) in [6.45, 7) is 11.6. The maximum Gasteiger partial charge on any atom is 0.236 e. The third-order valence-corrected chi connectivity index (χ3v) is 4.80. The lowest BCUT2D eigenvalue weighted by molar-refractivity contribution is -0.133. The monoisotopic (exact) mass is 282 g/mol. The molecule has 20 heavy (non-hydrogen) atoms. The van der Waals surface area contributed by atoms with Crippen molar-refractivity contribution in [1.29, 1.82) is 0 Å². The third kappa shape index (κ3) is 3.93. The van der Waals surface area contributed by atoms with Gasteiger partial charge in [0.25, 0.3) is 0 Å². The van der Waals surface area contributed by atoms with Gasteiger partial charge in [0.2, 0.25) is 5.91 Å². The van der Waals surface area contributed by atoms with Crippen LogP contribution in [0.15, 0.2) is 0 Å². The first-order valence-corrected chi connectivity index (χ1v) is 7.98. The molecule has 0 aliphatic carbocycles. The highest BCUT2D eigenvalue weighted by atomic mass is 16.2. The Kier molecular flexibility index (Phi) is 5.41. The Morgan fingerprint density at radius 3 is 2.15 bits per heavy atom. The van der Waals surface area contributed by atoms with Crippen molar-refractivity contribution in [1.82, 2.24) is 14.7 Å². The fourth-order valence-corrected chi connectivity index (χ4v) is 3.08. The Hall–Kier alpha value is -0.650. The molecule has 0 atom stereocenters. The molecule has 2 heterocycles. The number of amides is 1. The van der Waals surface area contributed by atoms with E-state index in [2.05, 4.69) is 23.6 Å². The summed E-state index contributed by atoms with van der Waals surface area (Å²) < 4.78 is 0. The molecule has 0 aromatic heterocycles. The topological polar surface area (TPSA) is 52.8 Å². The molecule has 0 radical (unpaired) electrons. The van der Waals surface area contributed by atoms with Gasteiger partial charge < -0.3 is 10.6 Å². The van der Waals surface area contributed by atoms with Crippen LogP contribution in [0.25, 0.3) is 0 Å². The number of nitrogens with zero attached hydrogens (tertiary/aromatic N) is 3. The molecule has 5 nitrogen and oxygen atoms in total. The van der Waals surface area contributed by atoms with E-state index in [1.165, 1.54) is 19.3 Å². The van der Waals surface area contributed by atoms with Gasteiger partial charge >= 0.3 is 0 Å². The van der Waals surface area contributed by atoms with Gasteiger partial charge in [-0.3, -0.25) is 14.6 Å². The lowest BCUT2D eigenvalue weighted by Gasteiger charge is -2.43. The normalized spacial score (nSPS) is 23.1. The third-order valence-electron chi connectivity index (χ3n) is 4.80. The van der Waals surface area contributed by atoms with Gasteiger partial charge in [0.1, 0.15) is 0 Å². The van der Waals surface area contributed by atoms with E-state index < -0.39 is 0 Å². The molecule has 0 saturated carbocycles. The van der Waals surface area contributed by atoms with Crippen molar-refractivity contribution in [3.8, 4) is 0 Å². The zero-order valence-corrected chi connectivity index (χ0v) is 13.1. The summed E-state index contributed by atoms with van der Waals surface area (Å²) in [4.78, 5) is 19.0. The van der Waals surface area contributed by atoms with Crippen LogP contribution in [0.2, 0.25) is 0 Å². The summed E-state index contributed by atoms with van der Waals surface area (Å²) in [5.74, 6) is 0.316. The number of piperazine rings is 1. The van der Waals surface area contributed by atoms with Crippen LogP contribution in [0.4, 0.5) is 0 Å². The number of hydrogen-bond donors (Lipinski definition) is 1. The van der Waals surface area contributed by atoms with Crippen LogP contribution in [0.3, 0.4) is 0 Å². The number of carbonyl (C=O) groups excluding carboxylic acids is 1. The van der Waals surface area contributed by atoms with Crippen molar-refractivity contribution in [3.05, 3.63) is 0 Å². The first-order valence-electron chi connectivity index (χ1n) is 7.98. The van der Waals surface area contributed by atoms with E-state index in [4.69, 9.17) is 5.73 Å². The van der Waals surface area contributed by atoms with E-state index in [9.17, 15) is 4.79 Å². The first kappa shape index (κ1) is 15.7. The second-order valence-corrected chi connectivity index (χ2v) is 6.72. The number of carbonyl (C=O) groups is 1. The zero-order valence-electron chi connectivity index (χ0n) is 13.1. The second-order valence-electron chi connectivity index (χ2n) is 6.72. The van der Waals surface area contributed by atoms with Crippen LogP contribution in [0, 0.1) is 0 Å². The molecule has 2 rings (SSSR count). The quantitative estimate of drug-likeness (QED) is 0.808. The maximum absolute atomic E-state index is 12.3. The highest BCUT2D eigenvalue weighted by molar-refractivity contribution is 5.78. The largest absolute Gasteiger partial charge is 0.342 e. The van der Waals surface area contributed by atoms with E-state index in [0.29, 0.717) is 19.0 Å². The number of hydrogen-bond acceptors (Lipinski definition) is 4. The predicted molar refractivity (Wildman–Crippen MR) is 81.6 cm³/mol. The predicted octanol–water partition coefficient (Wildman–Crippen LogP) is 0.354. The van der Waals surface area contributed by atoms with Crippen molar-refractivity contribution in [2.75, 3.05) is 52.4 Å². The van der Waals surface area contributed by atoms with Gasteiger partial charge in [0.15, 0.2) is 0 Å². The zero-order chi connectivity index (χ0) is 14.6. The van der Waals surface area contributed by atoms with Gasteiger partial charge in [-0.05, 0) is 33.1 Å². The molecule has 116 valence electrons. The van der Waals surface area contributed by atoms with Crippen molar-refractivity contribution < 1.29 is 4.79 Å². The molecule has 0 spiro atoms. The lowest BCUT2D eigenvalue weighted by atomic mass is 10.0. The molecule has 1 amide bonds. The summed E-state index contributed by atoms with van der Waals surface area (Å²) in [6.07, 6.45) is 3.62. The van der Waals surface area contributed by atoms with E-state index in [0.717, 1.165) is 39.3 Å². The minimum atomic E-state index is 0.0724. The average molecular weight is 282 g/mol. The maximum atomic E-state index is 12.3. The van der Waals surface area contributed by atoms with E-state index in [1.54, 1.807) is 0 Å². The second kappa shape index (κ2) is 6.87. The Bertz CT molecular complexity index is 318. The SMILES string of the molecule is CC(C)(CN)N1CCN(CC(=O)N2CCCCC2)CC1. The van der Waals surface area contributed by atoms with Gasteiger partial charge in [-0.2, -0.15) is 0 Å². The van der Waals surface area contributed by atoms with Crippen LogP contribution in [-0.4, -0.2) is 78.5 Å². The molecular formula is C15H30N4O. The molecule has 2 aliphatic rings.